The first kappa shape index (κ1) is 16.6. The number of fused-ring (bicyclic) bond motifs is 2. The van der Waals surface area contributed by atoms with Crippen molar-refractivity contribution >= 4 is 44.8 Å². The van der Waals surface area contributed by atoms with Gasteiger partial charge in [0, 0.05) is 0 Å². The van der Waals surface area contributed by atoms with Gasteiger partial charge in [0.25, 0.3) is 0 Å². The molecule has 27 heavy (non-hydrogen) atoms. The van der Waals surface area contributed by atoms with Crippen LogP contribution in [0.1, 0.15) is 11.1 Å². The molecule has 0 atom stereocenters. The van der Waals surface area contributed by atoms with E-state index in [4.69, 9.17) is 0 Å². The number of benzene rings is 4. The van der Waals surface area contributed by atoms with Gasteiger partial charge in [-0.2, -0.15) is 0 Å². The molecule has 0 fully saturated rings. The molecule has 0 bridgehead atoms. The SMILES string of the molecule is C1=Cc2cccc[c]2[Sn]([c]2ccccc2)([c]2ccccc2)[c]2ccccc21. The van der Waals surface area contributed by atoms with Crippen LogP contribution < -0.4 is 14.3 Å². The van der Waals surface area contributed by atoms with Crippen LogP contribution in [0, 0.1) is 0 Å². The maximum absolute atomic E-state index is 3.43. The summed E-state index contributed by atoms with van der Waals surface area (Å²) in [6.07, 6.45) is 4.61. The van der Waals surface area contributed by atoms with Crippen LogP contribution >= 0.6 is 0 Å². The van der Waals surface area contributed by atoms with E-state index in [0.717, 1.165) is 0 Å². The minimum atomic E-state index is -3.43. The van der Waals surface area contributed by atoms with Crippen molar-refractivity contribution in [1.82, 2.24) is 0 Å². The maximum atomic E-state index is 2.37. The van der Waals surface area contributed by atoms with Crippen molar-refractivity contribution in [2.45, 2.75) is 0 Å². The van der Waals surface area contributed by atoms with E-state index in [1.54, 1.807) is 0 Å². The van der Waals surface area contributed by atoms with Crippen molar-refractivity contribution in [2.24, 2.45) is 0 Å². The molecule has 0 nitrogen and oxygen atoms in total. The summed E-state index contributed by atoms with van der Waals surface area (Å²) in [5, 5.41) is 0. The molecule has 0 spiro atoms. The second kappa shape index (κ2) is 6.86. The van der Waals surface area contributed by atoms with Crippen LogP contribution in [-0.2, 0) is 0 Å². The molecular formula is C26H20Sn. The van der Waals surface area contributed by atoms with Crippen LogP contribution in [0.15, 0.2) is 109 Å². The van der Waals surface area contributed by atoms with E-state index < -0.39 is 18.4 Å². The average molecular weight is 451 g/mol. The summed E-state index contributed by atoms with van der Waals surface area (Å²) in [6, 6.07) is 40.4. The molecule has 1 aliphatic rings. The average Bonchev–Trinajstić information content (AvgIpc) is 2.90. The van der Waals surface area contributed by atoms with Crippen molar-refractivity contribution in [3.63, 3.8) is 0 Å². The van der Waals surface area contributed by atoms with Gasteiger partial charge in [-0.3, -0.25) is 0 Å². The fraction of sp³-hybridized carbons (Fsp3) is 0. The first-order valence-corrected chi connectivity index (χ1v) is 15.1. The van der Waals surface area contributed by atoms with E-state index in [0.29, 0.717) is 0 Å². The van der Waals surface area contributed by atoms with Crippen LogP contribution in [0.5, 0.6) is 0 Å². The molecule has 0 amide bonds. The molecule has 0 saturated heterocycles. The molecule has 0 unspecified atom stereocenters. The van der Waals surface area contributed by atoms with Crippen molar-refractivity contribution in [2.75, 3.05) is 0 Å². The van der Waals surface area contributed by atoms with E-state index in [1.165, 1.54) is 25.4 Å². The predicted octanol–water partition coefficient (Wildman–Crippen LogP) is 3.55. The second-order valence-corrected chi connectivity index (χ2v) is 17.6. The fourth-order valence-corrected chi connectivity index (χ4v) is 19.1. The van der Waals surface area contributed by atoms with E-state index in [9.17, 15) is 0 Å². The van der Waals surface area contributed by atoms with E-state index >= 15 is 0 Å². The third-order valence-corrected chi connectivity index (χ3v) is 19.6. The normalized spacial score (nSPS) is 14.1. The van der Waals surface area contributed by atoms with Crippen molar-refractivity contribution < 1.29 is 0 Å². The summed E-state index contributed by atoms with van der Waals surface area (Å²) in [4.78, 5) is 0. The van der Waals surface area contributed by atoms with Crippen LogP contribution in [0.4, 0.5) is 0 Å². The van der Waals surface area contributed by atoms with Crippen molar-refractivity contribution in [3.05, 3.63) is 120 Å². The number of hydrogen-bond donors (Lipinski definition) is 0. The van der Waals surface area contributed by atoms with Gasteiger partial charge in [0.15, 0.2) is 0 Å². The van der Waals surface area contributed by atoms with E-state index in [-0.39, 0.29) is 0 Å². The monoisotopic (exact) mass is 452 g/mol. The zero-order valence-corrected chi connectivity index (χ0v) is 17.9. The summed E-state index contributed by atoms with van der Waals surface area (Å²) in [6.45, 7) is 0. The van der Waals surface area contributed by atoms with Crippen LogP contribution in [0.25, 0.3) is 12.2 Å². The molecular weight excluding hydrogens is 431 g/mol. The summed E-state index contributed by atoms with van der Waals surface area (Å²) >= 11 is -3.43. The van der Waals surface area contributed by atoms with E-state index in [1.807, 2.05) is 0 Å². The summed E-state index contributed by atoms with van der Waals surface area (Å²) < 4.78 is 6.07. The Kier molecular flexibility index (Phi) is 4.21. The zero-order chi connectivity index (χ0) is 18.1. The Labute approximate surface area is 164 Å². The molecule has 5 rings (SSSR count). The Morgan fingerprint density at radius 2 is 0.741 bits per heavy atom. The molecule has 1 heterocycles. The molecule has 0 saturated carbocycles. The Bertz CT molecular complexity index is 1020. The van der Waals surface area contributed by atoms with Gasteiger partial charge in [-0.15, -0.1) is 0 Å². The third-order valence-electron chi connectivity index (χ3n) is 5.59. The van der Waals surface area contributed by atoms with Crippen molar-refractivity contribution in [1.29, 1.82) is 0 Å². The number of hydrogen-bond acceptors (Lipinski definition) is 0. The van der Waals surface area contributed by atoms with Crippen LogP contribution in [0.3, 0.4) is 0 Å². The number of rotatable bonds is 2. The van der Waals surface area contributed by atoms with Gasteiger partial charge in [-0.1, -0.05) is 0 Å². The van der Waals surface area contributed by atoms with Gasteiger partial charge in [-0.05, 0) is 0 Å². The Balaban J connectivity index is 2.00. The van der Waals surface area contributed by atoms with Gasteiger partial charge in [0.05, 0.1) is 0 Å². The Morgan fingerprint density at radius 1 is 0.370 bits per heavy atom. The Morgan fingerprint density at radius 3 is 1.19 bits per heavy atom. The molecule has 4 aromatic carbocycles. The second-order valence-electron chi connectivity index (χ2n) is 6.99. The molecule has 128 valence electrons. The Hall–Kier alpha value is -2.58. The van der Waals surface area contributed by atoms with Gasteiger partial charge in [-0.25, -0.2) is 0 Å². The third kappa shape index (κ3) is 2.59. The molecule has 4 aromatic rings. The molecule has 1 aliphatic heterocycles. The fourth-order valence-electron chi connectivity index (χ4n) is 4.46. The molecule has 0 aromatic heterocycles. The van der Waals surface area contributed by atoms with Gasteiger partial charge < -0.3 is 0 Å². The quantitative estimate of drug-likeness (QED) is 0.361. The van der Waals surface area contributed by atoms with Gasteiger partial charge in [0.2, 0.25) is 0 Å². The summed E-state index contributed by atoms with van der Waals surface area (Å²) in [5.74, 6) is 0. The molecule has 1 heteroatoms. The molecule has 0 aliphatic carbocycles. The molecule has 0 N–H and O–H groups in total. The van der Waals surface area contributed by atoms with Crippen molar-refractivity contribution in [3.8, 4) is 0 Å². The predicted molar refractivity (Wildman–Crippen MR) is 119 cm³/mol. The minimum absolute atomic E-state index is 1.36. The van der Waals surface area contributed by atoms with Crippen LogP contribution in [-0.4, -0.2) is 18.4 Å². The van der Waals surface area contributed by atoms with Crippen LogP contribution in [0.2, 0.25) is 0 Å². The van der Waals surface area contributed by atoms with Gasteiger partial charge in [0.1, 0.15) is 0 Å². The standard InChI is InChI=1S/C14H10.2C6H5.Sn/c1-3-7-13(8-4-1)11-12-14-9-5-2-6-10-14;2*1-2-4-6-5-3-1;/h1-7,9,11-12H;2*1-5H;. The van der Waals surface area contributed by atoms with Gasteiger partial charge >= 0.3 is 165 Å². The first-order chi connectivity index (χ1) is 13.4. The summed E-state index contributed by atoms with van der Waals surface area (Å²) in [5.41, 5.74) is 2.72. The summed E-state index contributed by atoms with van der Waals surface area (Å²) in [7, 11) is 0. The molecule has 0 radical (unpaired) electrons. The topological polar surface area (TPSA) is 0 Å². The van der Waals surface area contributed by atoms with E-state index in [2.05, 4.69) is 121 Å². The first-order valence-electron chi connectivity index (χ1n) is 9.39. The zero-order valence-electron chi connectivity index (χ0n) is 15.0.